The van der Waals surface area contributed by atoms with E-state index in [1.165, 1.54) is 29.7 Å². The van der Waals surface area contributed by atoms with Gasteiger partial charge < -0.3 is 5.32 Å². The van der Waals surface area contributed by atoms with E-state index in [0.29, 0.717) is 0 Å². The summed E-state index contributed by atoms with van der Waals surface area (Å²) in [6, 6.07) is 5.95. The van der Waals surface area contributed by atoms with Gasteiger partial charge in [-0.15, -0.1) is 11.3 Å². The molecular weight excluding hydrogens is 250 g/mol. The van der Waals surface area contributed by atoms with E-state index in [1.54, 1.807) is 11.3 Å². The monoisotopic (exact) mass is 263 g/mol. The maximum atomic E-state index is 11.9. The molecule has 0 unspecified atom stereocenters. The van der Waals surface area contributed by atoms with Crippen LogP contribution in [-0.4, -0.2) is 12.5 Å². The van der Waals surface area contributed by atoms with E-state index in [-0.39, 0.29) is 11.3 Å². The quantitative estimate of drug-likeness (QED) is 0.901. The van der Waals surface area contributed by atoms with Gasteiger partial charge in [0, 0.05) is 12.0 Å². The van der Waals surface area contributed by atoms with Crippen molar-refractivity contribution >= 4 is 28.6 Å². The molecule has 0 aromatic carbocycles. The van der Waals surface area contributed by atoms with Crippen LogP contribution in [0.25, 0.3) is 0 Å². The molecule has 0 atom stereocenters. The second kappa shape index (κ2) is 4.27. The first-order valence-corrected chi connectivity index (χ1v) is 7.47. The van der Waals surface area contributed by atoms with E-state index in [2.05, 4.69) is 22.1 Å². The first-order valence-electron chi connectivity index (χ1n) is 5.65. The molecule has 2 nitrogen and oxygen atoms in total. The van der Waals surface area contributed by atoms with Crippen LogP contribution in [0, 0.1) is 0 Å². The number of thiophene rings is 2. The number of hydrogen-bond acceptors (Lipinski definition) is 3. The average molecular weight is 263 g/mol. The van der Waals surface area contributed by atoms with Crippen LogP contribution >= 0.6 is 22.7 Å². The van der Waals surface area contributed by atoms with Gasteiger partial charge in [0.15, 0.2) is 0 Å². The summed E-state index contributed by atoms with van der Waals surface area (Å²) >= 11 is 3.22. The molecule has 1 N–H and O–H groups in total. The Kier molecular flexibility index (Phi) is 2.76. The van der Waals surface area contributed by atoms with Gasteiger partial charge in [-0.2, -0.15) is 11.3 Å². The Labute approximate surface area is 108 Å². The van der Waals surface area contributed by atoms with Crippen LogP contribution in [0.5, 0.6) is 0 Å². The normalized spacial score (nSPS) is 16.7. The lowest BCUT2D eigenvalue weighted by atomic mass is 9.99. The van der Waals surface area contributed by atoms with Crippen molar-refractivity contribution in [3.05, 3.63) is 44.8 Å². The first kappa shape index (κ1) is 11.0. The number of hydrogen-bond donors (Lipinski definition) is 1. The Bertz CT molecular complexity index is 498. The van der Waals surface area contributed by atoms with Gasteiger partial charge >= 0.3 is 0 Å². The molecule has 17 heavy (non-hydrogen) atoms. The molecule has 4 heteroatoms. The molecule has 1 saturated carbocycles. The van der Waals surface area contributed by atoms with Crippen molar-refractivity contribution in [3.8, 4) is 0 Å². The third kappa shape index (κ3) is 2.15. The molecule has 0 aliphatic heterocycles. The molecule has 1 aliphatic rings. The van der Waals surface area contributed by atoms with Crippen molar-refractivity contribution in [3.63, 3.8) is 0 Å². The fraction of sp³-hybridized carbons (Fsp3) is 0.308. The van der Waals surface area contributed by atoms with E-state index in [0.717, 1.165) is 11.4 Å². The van der Waals surface area contributed by atoms with Crippen LogP contribution in [0.3, 0.4) is 0 Å². The summed E-state index contributed by atoms with van der Waals surface area (Å²) in [5.41, 5.74) is 1.61. The maximum Gasteiger partial charge on any atom is 0.261 e. The molecule has 0 radical (unpaired) electrons. The fourth-order valence-corrected chi connectivity index (χ4v) is 3.45. The molecule has 0 saturated heterocycles. The van der Waals surface area contributed by atoms with Gasteiger partial charge in [-0.25, -0.2) is 0 Å². The Morgan fingerprint density at radius 2 is 2.24 bits per heavy atom. The Morgan fingerprint density at radius 1 is 1.35 bits per heavy atom. The lowest BCUT2D eigenvalue weighted by molar-refractivity contribution is 0.0954. The van der Waals surface area contributed by atoms with Crippen LogP contribution in [-0.2, 0) is 5.41 Å². The number of nitrogens with one attached hydrogen (secondary N) is 1. The predicted molar refractivity (Wildman–Crippen MR) is 71.9 cm³/mol. The van der Waals surface area contributed by atoms with E-state index >= 15 is 0 Å². The lowest BCUT2D eigenvalue weighted by Gasteiger charge is -2.14. The molecule has 2 aromatic heterocycles. The van der Waals surface area contributed by atoms with Crippen molar-refractivity contribution in [2.24, 2.45) is 0 Å². The summed E-state index contributed by atoms with van der Waals surface area (Å²) in [4.78, 5) is 12.6. The molecule has 2 aromatic rings. The number of carbonyl (C=O) groups excluding carboxylic acids is 1. The smallest absolute Gasteiger partial charge is 0.261 e. The number of amides is 1. The molecule has 1 aliphatic carbocycles. The van der Waals surface area contributed by atoms with Gasteiger partial charge in [-0.3, -0.25) is 4.79 Å². The first-order chi connectivity index (χ1) is 8.30. The molecule has 3 rings (SSSR count). The van der Waals surface area contributed by atoms with Gasteiger partial charge in [-0.05, 0) is 46.7 Å². The zero-order valence-corrected chi connectivity index (χ0v) is 10.9. The van der Waals surface area contributed by atoms with Crippen molar-refractivity contribution in [1.82, 2.24) is 5.32 Å². The Morgan fingerprint density at radius 3 is 2.82 bits per heavy atom. The number of carbonyl (C=O) groups is 1. The van der Waals surface area contributed by atoms with Crippen molar-refractivity contribution < 1.29 is 4.79 Å². The van der Waals surface area contributed by atoms with Gasteiger partial charge in [0.05, 0.1) is 4.88 Å². The number of rotatable bonds is 4. The van der Waals surface area contributed by atoms with E-state index in [9.17, 15) is 4.79 Å². The average Bonchev–Trinajstić information content (AvgIpc) is 2.82. The molecule has 1 fully saturated rings. The highest BCUT2D eigenvalue weighted by Gasteiger charge is 2.44. The molecule has 88 valence electrons. The second-order valence-corrected chi connectivity index (χ2v) is 6.18. The summed E-state index contributed by atoms with van der Waals surface area (Å²) in [7, 11) is 0. The van der Waals surface area contributed by atoms with Crippen molar-refractivity contribution in [1.29, 1.82) is 0 Å². The highest BCUT2D eigenvalue weighted by atomic mass is 32.1. The van der Waals surface area contributed by atoms with E-state index in [4.69, 9.17) is 0 Å². The largest absolute Gasteiger partial charge is 0.350 e. The highest BCUT2D eigenvalue weighted by molar-refractivity contribution is 7.12. The summed E-state index contributed by atoms with van der Waals surface area (Å²) < 4.78 is 0. The summed E-state index contributed by atoms with van der Waals surface area (Å²) in [6.07, 6.45) is 2.38. The van der Waals surface area contributed by atoms with Crippen LogP contribution in [0.2, 0.25) is 0 Å². The predicted octanol–water partition coefficient (Wildman–Crippen LogP) is 3.27. The molecular formula is C13H13NOS2. The lowest BCUT2D eigenvalue weighted by Crippen LogP contribution is -2.31. The molecule has 1 amide bonds. The maximum absolute atomic E-state index is 11.9. The zero-order chi connectivity index (χ0) is 11.7. The summed E-state index contributed by atoms with van der Waals surface area (Å²) in [5.74, 6) is 0.0569. The SMILES string of the molecule is O=C(NCC1(c2ccsc2)CC1)c1cccs1. The van der Waals surface area contributed by atoms with Crippen LogP contribution in [0.15, 0.2) is 34.3 Å². The fourth-order valence-electron chi connectivity index (χ4n) is 2.03. The van der Waals surface area contributed by atoms with E-state index in [1.807, 2.05) is 17.5 Å². The third-order valence-electron chi connectivity index (χ3n) is 3.32. The van der Waals surface area contributed by atoms with Crippen LogP contribution < -0.4 is 5.32 Å². The van der Waals surface area contributed by atoms with Crippen molar-refractivity contribution in [2.45, 2.75) is 18.3 Å². The Hall–Kier alpha value is -1.13. The standard InChI is InChI=1S/C13H13NOS2/c15-12(11-2-1-6-17-11)14-9-13(4-5-13)10-3-7-16-8-10/h1-3,6-8H,4-5,9H2,(H,14,15). The molecule has 0 bridgehead atoms. The Balaban J connectivity index is 1.64. The summed E-state index contributed by atoms with van der Waals surface area (Å²) in [6.45, 7) is 0.764. The van der Waals surface area contributed by atoms with Gasteiger partial charge in [-0.1, -0.05) is 6.07 Å². The van der Waals surface area contributed by atoms with Crippen molar-refractivity contribution in [2.75, 3.05) is 6.54 Å². The van der Waals surface area contributed by atoms with Crippen LogP contribution in [0.1, 0.15) is 28.1 Å². The van der Waals surface area contributed by atoms with Crippen LogP contribution in [0.4, 0.5) is 0 Å². The van der Waals surface area contributed by atoms with Gasteiger partial charge in [0.1, 0.15) is 0 Å². The highest BCUT2D eigenvalue weighted by Crippen LogP contribution is 2.48. The minimum atomic E-state index is 0.0569. The molecule has 2 heterocycles. The second-order valence-electron chi connectivity index (χ2n) is 4.45. The minimum Gasteiger partial charge on any atom is -0.350 e. The third-order valence-corrected chi connectivity index (χ3v) is 4.87. The van der Waals surface area contributed by atoms with Gasteiger partial charge in [0.25, 0.3) is 5.91 Å². The zero-order valence-electron chi connectivity index (χ0n) is 9.31. The molecule has 0 spiro atoms. The summed E-state index contributed by atoms with van der Waals surface area (Å²) in [5, 5.41) is 9.29. The van der Waals surface area contributed by atoms with E-state index < -0.39 is 0 Å². The topological polar surface area (TPSA) is 29.1 Å². The van der Waals surface area contributed by atoms with Gasteiger partial charge in [0.2, 0.25) is 0 Å². The minimum absolute atomic E-state index is 0.0569.